The highest BCUT2D eigenvalue weighted by atomic mass is 15.2. The molecule has 7 nitrogen and oxygen atoms in total. The van der Waals surface area contributed by atoms with Crippen LogP contribution in [0.1, 0.15) is 0 Å². The number of para-hydroxylation sites is 1. The second-order valence-corrected chi connectivity index (χ2v) is 11.3. The Labute approximate surface area is 271 Å². The molecule has 0 saturated carbocycles. The van der Waals surface area contributed by atoms with E-state index in [1.54, 1.807) is 12.4 Å². The standard InChI is InChI=1S/C40H27N7/c1-2-9-28(10-3-1)45-29-11-4-13-31(25-29)46(37-19-23-43-39-35(37)17-7-21-41-39)33-15-6-16-34(27-33)47(32-14-5-12-30(45)26-32)38-20-24-44-40-36(38)18-8-22-42-40/h1-27H. The monoisotopic (exact) mass is 605 g/mol. The van der Waals surface area contributed by atoms with E-state index in [1.807, 2.05) is 30.6 Å². The predicted molar refractivity (Wildman–Crippen MR) is 190 cm³/mol. The van der Waals surface area contributed by atoms with Gasteiger partial charge in [0.1, 0.15) is 0 Å². The van der Waals surface area contributed by atoms with Crippen molar-refractivity contribution in [2.75, 3.05) is 14.7 Å². The summed E-state index contributed by atoms with van der Waals surface area (Å²) in [5, 5.41) is 1.93. The summed E-state index contributed by atoms with van der Waals surface area (Å²) < 4.78 is 0. The van der Waals surface area contributed by atoms with Gasteiger partial charge >= 0.3 is 0 Å². The van der Waals surface area contributed by atoms with Gasteiger partial charge in [-0.3, -0.25) is 0 Å². The highest BCUT2D eigenvalue weighted by Crippen LogP contribution is 2.46. The van der Waals surface area contributed by atoms with E-state index >= 15 is 0 Å². The molecule has 1 aliphatic rings. The van der Waals surface area contributed by atoms with Crippen LogP contribution in [0.5, 0.6) is 0 Å². The average Bonchev–Trinajstić information content (AvgIpc) is 3.13. The first-order valence-electron chi connectivity index (χ1n) is 15.5. The van der Waals surface area contributed by atoms with Crippen molar-refractivity contribution in [1.82, 2.24) is 19.9 Å². The highest BCUT2D eigenvalue weighted by Gasteiger charge is 2.23. The van der Waals surface area contributed by atoms with E-state index < -0.39 is 0 Å². The first-order valence-corrected chi connectivity index (χ1v) is 15.5. The number of hydrogen-bond donors (Lipinski definition) is 0. The first kappa shape index (κ1) is 26.8. The molecule has 0 spiro atoms. The number of nitrogens with zero attached hydrogens (tertiary/aromatic N) is 7. The Bertz CT molecular complexity index is 2250. The normalized spacial score (nSPS) is 12.6. The SMILES string of the molecule is c1ccc(N2c3cccc(c3)N(c3ccnc4ncccc34)c3cccc(c3)N(c3ccnc4ncccc34)c3cccc2c3)cc1. The number of hydrogen-bond acceptors (Lipinski definition) is 7. The molecule has 0 aliphatic carbocycles. The van der Waals surface area contributed by atoms with Crippen molar-refractivity contribution in [1.29, 1.82) is 0 Å². The molecule has 0 fully saturated rings. The van der Waals surface area contributed by atoms with Gasteiger partial charge in [0.25, 0.3) is 0 Å². The van der Waals surface area contributed by atoms with Crippen LogP contribution in [0.25, 0.3) is 22.1 Å². The van der Waals surface area contributed by atoms with E-state index in [-0.39, 0.29) is 0 Å². The van der Waals surface area contributed by atoms with E-state index in [4.69, 9.17) is 0 Å². The van der Waals surface area contributed by atoms with Crippen LogP contribution in [0.2, 0.25) is 0 Å². The summed E-state index contributed by atoms with van der Waals surface area (Å²) in [6, 6.07) is 48.7. The van der Waals surface area contributed by atoms with Gasteiger partial charge in [0, 0.05) is 75.4 Å². The van der Waals surface area contributed by atoms with E-state index in [0.29, 0.717) is 11.3 Å². The zero-order valence-electron chi connectivity index (χ0n) is 25.2. The van der Waals surface area contributed by atoms with Gasteiger partial charge in [-0.1, -0.05) is 36.4 Å². The van der Waals surface area contributed by atoms with Crippen LogP contribution in [0, 0.1) is 0 Å². The molecule has 4 aromatic carbocycles. The van der Waals surface area contributed by atoms with Gasteiger partial charge in [0.2, 0.25) is 0 Å². The molecule has 6 bridgehead atoms. The van der Waals surface area contributed by atoms with Crippen molar-refractivity contribution in [2.45, 2.75) is 0 Å². The Balaban J connectivity index is 1.38. The van der Waals surface area contributed by atoms with Crippen molar-refractivity contribution in [2.24, 2.45) is 0 Å². The number of rotatable bonds is 3. The van der Waals surface area contributed by atoms with Gasteiger partial charge in [-0.15, -0.1) is 0 Å². The molecule has 47 heavy (non-hydrogen) atoms. The third kappa shape index (κ3) is 4.60. The molecule has 8 aromatic rings. The van der Waals surface area contributed by atoms with Crippen molar-refractivity contribution >= 4 is 73.3 Å². The Hall–Kier alpha value is -6.60. The quantitative estimate of drug-likeness (QED) is 0.199. The summed E-state index contributed by atoms with van der Waals surface area (Å²) in [4.78, 5) is 25.2. The molecule has 222 valence electrons. The lowest BCUT2D eigenvalue weighted by Crippen LogP contribution is -2.17. The summed E-state index contributed by atoms with van der Waals surface area (Å²) in [6.45, 7) is 0. The third-order valence-corrected chi connectivity index (χ3v) is 8.52. The minimum atomic E-state index is 0.696. The molecule has 9 rings (SSSR count). The maximum Gasteiger partial charge on any atom is 0.161 e. The van der Waals surface area contributed by atoms with Gasteiger partial charge in [0.15, 0.2) is 11.3 Å². The van der Waals surface area contributed by atoms with Crippen LogP contribution in [0.15, 0.2) is 164 Å². The summed E-state index contributed by atoms with van der Waals surface area (Å²) >= 11 is 0. The molecule has 0 radical (unpaired) electrons. The maximum atomic E-state index is 4.58. The summed E-state index contributed by atoms with van der Waals surface area (Å²) in [6.07, 6.45) is 7.23. The fourth-order valence-electron chi connectivity index (χ4n) is 6.52. The van der Waals surface area contributed by atoms with Gasteiger partial charge < -0.3 is 14.7 Å². The van der Waals surface area contributed by atoms with Crippen LogP contribution in [0.3, 0.4) is 0 Å². The molecular weight excluding hydrogens is 578 g/mol. The maximum absolute atomic E-state index is 4.58. The first-order chi connectivity index (χ1) is 23.3. The molecule has 0 amide bonds. The smallest absolute Gasteiger partial charge is 0.161 e. The summed E-state index contributed by atoms with van der Waals surface area (Å²) in [7, 11) is 0. The number of benzene rings is 4. The minimum absolute atomic E-state index is 0.696. The Morgan fingerprint density at radius 3 is 1.13 bits per heavy atom. The second kappa shape index (κ2) is 11.1. The van der Waals surface area contributed by atoms with Crippen LogP contribution < -0.4 is 14.7 Å². The lowest BCUT2D eigenvalue weighted by molar-refractivity contribution is 1.21. The summed E-state index contributed by atoms with van der Waals surface area (Å²) in [5.74, 6) is 0. The fraction of sp³-hybridized carbons (Fsp3) is 0. The van der Waals surface area contributed by atoms with Gasteiger partial charge in [-0.05, 0) is 103 Å². The molecule has 0 N–H and O–H groups in total. The van der Waals surface area contributed by atoms with Gasteiger partial charge in [0.05, 0.1) is 11.4 Å². The molecular formula is C40H27N7. The van der Waals surface area contributed by atoms with Crippen molar-refractivity contribution in [3.63, 3.8) is 0 Å². The number of pyridine rings is 4. The molecule has 4 aromatic heterocycles. The Kier molecular flexibility index (Phi) is 6.31. The molecule has 1 aliphatic heterocycles. The molecule has 0 atom stereocenters. The molecule has 7 heteroatoms. The van der Waals surface area contributed by atoms with Crippen molar-refractivity contribution in [3.8, 4) is 0 Å². The topological polar surface area (TPSA) is 61.3 Å². The van der Waals surface area contributed by atoms with Crippen LogP contribution in [0.4, 0.5) is 51.2 Å². The third-order valence-electron chi connectivity index (χ3n) is 8.52. The zero-order valence-corrected chi connectivity index (χ0v) is 25.2. The van der Waals surface area contributed by atoms with Crippen molar-refractivity contribution < 1.29 is 0 Å². The van der Waals surface area contributed by atoms with Gasteiger partial charge in [-0.2, -0.15) is 0 Å². The van der Waals surface area contributed by atoms with E-state index in [9.17, 15) is 0 Å². The fourth-order valence-corrected chi connectivity index (χ4v) is 6.52. The number of fused-ring (bicyclic) bond motifs is 8. The van der Waals surface area contributed by atoms with Crippen molar-refractivity contribution in [3.05, 3.63) is 164 Å². The van der Waals surface area contributed by atoms with Gasteiger partial charge in [-0.25, -0.2) is 19.9 Å². The van der Waals surface area contributed by atoms with E-state index in [2.05, 4.69) is 156 Å². The lowest BCUT2D eigenvalue weighted by Gasteiger charge is -2.33. The molecule has 5 heterocycles. The second-order valence-electron chi connectivity index (χ2n) is 11.3. The minimum Gasteiger partial charge on any atom is -0.310 e. The highest BCUT2D eigenvalue weighted by molar-refractivity contribution is 5.99. The Morgan fingerprint density at radius 2 is 0.681 bits per heavy atom. The summed E-state index contributed by atoms with van der Waals surface area (Å²) in [5.41, 5.74) is 10.5. The van der Waals surface area contributed by atoms with Crippen LogP contribution >= 0.6 is 0 Å². The number of aromatic nitrogens is 4. The lowest BCUT2D eigenvalue weighted by atomic mass is 10.1. The molecule has 0 saturated heterocycles. The van der Waals surface area contributed by atoms with E-state index in [0.717, 1.165) is 62.0 Å². The largest absolute Gasteiger partial charge is 0.310 e. The number of anilines is 9. The molecule has 0 unspecified atom stereocenters. The van der Waals surface area contributed by atoms with Crippen LogP contribution in [-0.2, 0) is 0 Å². The average molecular weight is 606 g/mol. The zero-order chi connectivity index (χ0) is 31.2. The predicted octanol–water partition coefficient (Wildman–Crippen LogP) is 10.3. The van der Waals surface area contributed by atoms with E-state index in [1.165, 1.54) is 0 Å². The van der Waals surface area contributed by atoms with Crippen LogP contribution in [-0.4, -0.2) is 19.9 Å². The Morgan fingerprint density at radius 1 is 0.298 bits per heavy atom.